The molecular formula is C16H19NO5. The molecule has 0 spiro atoms. The molecule has 0 aliphatic heterocycles. The van der Waals surface area contributed by atoms with Gasteiger partial charge in [0.05, 0.1) is 39.7 Å². The van der Waals surface area contributed by atoms with E-state index in [1.54, 1.807) is 39.5 Å². The van der Waals surface area contributed by atoms with E-state index in [1.807, 2.05) is 6.92 Å². The first kappa shape index (κ1) is 15.8. The highest BCUT2D eigenvalue weighted by Gasteiger charge is 2.17. The van der Waals surface area contributed by atoms with Gasteiger partial charge in [0.1, 0.15) is 17.2 Å². The molecule has 22 heavy (non-hydrogen) atoms. The van der Waals surface area contributed by atoms with Crippen LogP contribution < -0.4 is 19.5 Å². The molecule has 0 saturated heterocycles. The number of hydrogen-bond donors (Lipinski definition) is 1. The highest BCUT2D eigenvalue weighted by atomic mass is 16.5. The highest BCUT2D eigenvalue weighted by molar-refractivity contribution is 5.92. The summed E-state index contributed by atoms with van der Waals surface area (Å²) < 4.78 is 21.0. The van der Waals surface area contributed by atoms with Gasteiger partial charge in [-0.05, 0) is 13.0 Å². The molecule has 118 valence electrons. The number of carbonyl (C=O) groups excluding carboxylic acids is 1. The minimum atomic E-state index is -0.289. The quantitative estimate of drug-likeness (QED) is 0.888. The van der Waals surface area contributed by atoms with Crippen molar-refractivity contribution < 1.29 is 23.4 Å². The van der Waals surface area contributed by atoms with E-state index in [2.05, 4.69) is 5.32 Å². The Labute approximate surface area is 129 Å². The fourth-order valence-corrected chi connectivity index (χ4v) is 2.11. The molecule has 6 nitrogen and oxygen atoms in total. The lowest BCUT2D eigenvalue weighted by molar-refractivity contribution is 0.0922. The molecule has 2 rings (SSSR count). The molecule has 6 heteroatoms. The Morgan fingerprint density at radius 3 is 2.23 bits per heavy atom. The molecule has 1 aromatic carbocycles. The maximum atomic E-state index is 12.1. The van der Waals surface area contributed by atoms with Crippen LogP contribution in [0.5, 0.6) is 17.2 Å². The third-order valence-corrected chi connectivity index (χ3v) is 3.31. The van der Waals surface area contributed by atoms with Crippen molar-refractivity contribution in [3.63, 3.8) is 0 Å². The number of benzene rings is 1. The summed E-state index contributed by atoms with van der Waals surface area (Å²) in [6, 6.07) is 5.22. The van der Waals surface area contributed by atoms with Crippen molar-refractivity contribution in [2.24, 2.45) is 0 Å². The maximum absolute atomic E-state index is 12.1. The van der Waals surface area contributed by atoms with Crippen molar-refractivity contribution in [3.8, 4) is 17.2 Å². The van der Waals surface area contributed by atoms with Crippen molar-refractivity contribution >= 4 is 5.91 Å². The van der Waals surface area contributed by atoms with E-state index >= 15 is 0 Å². The molecule has 2 aromatic rings. The molecule has 0 aliphatic rings. The van der Waals surface area contributed by atoms with Gasteiger partial charge in [-0.2, -0.15) is 0 Å². The van der Waals surface area contributed by atoms with Crippen LogP contribution in [-0.2, 0) is 6.54 Å². The summed E-state index contributed by atoms with van der Waals surface area (Å²) in [5.41, 5.74) is 1.51. The van der Waals surface area contributed by atoms with E-state index in [0.29, 0.717) is 23.0 Å². The third-order valence-electron chi connectivity index (χ3n) is 3.31. The van der Waals surface area contributed by atoms with Crippen molar-refractivity contribution in [3.05, 3.63) is 41.3 Å². The van der Waals surface area contributed by atoms with E-state index in [0.717, 1.165) is 11.1 Å². The summed E-state index contributed by atoms with van der Waals surface area (Å²) >= 11 is 0. The summed E-state index contributed by atoms with van der Waals surface area (Å²) in [5, 5.41) is 2.80. The highest BCUT2D eigenvalue weighted by Crippen LogP contribution is 2.33. The molecule has 1 amide bonds. The Morgan fingerprint density at radius 1 is 1.14 bits per heavy atom. The Morgan fingerprint density at radius 2 is 1.77 bits per heavy atom. The summed E-state index contributed by atoms with van der Waals surface area (Å²) in [5.74, 6) is 1.78. The summed E-state index contributed by atoms with van der Waals surface area (Å²) in [7, 11) is 4.67. The van der Waals surface area contributed by atoms with E-state index < -0.39 is 0 Å². The molecule has 0 fully saturated rings. The third kappa shape index (κ3) is 3.16. The summed E-state index contributed by atoms with van der Waals surface area (Å²) in [6.45, 7) is 2.06. The number of rotatable bonds is 6. The predicted molar refractivity (Wildman–Crippen MR) is 80.7 cm³/mol. The second kappa shape index (κ2) is 6.89. The molecule has 1 N–H and O–H groups in total. The maximum Gasteiger partial charge on any atom is 0.287 e. The van der Waals surface area contributed by atoms with Gasteiger partial charge in [0.2, 0.25) is 0 Å². The lowest BCUT2D eigenvalue weighted by atomic mass is 10.1. The first-order valence-electron chi connectivity index (χ1n) is 6.71. The Hall–Kier alpha value is -2.63. The number of carbonyl (C=O) groups is 1. The van der Waals surface area contributed by atoms with Gasteiger partial charge in [0.15, 0.2) is 5.76 Å². The van der Waals surface area contributed by atoms with Gasteiger partial charge >= 0.3 is 0 Å². The number of nitrogens with one attached hydrogen (secondary N) is 1. The smallest absolute Gasteiger partial charge is 0.287 e. The minimum absolute atomic E-state index is 0.245. The average molecular weight is 305 g/mol. The van der Waals surface area contributed by atoms with Crippen LogP contribution in [0.3, 0.4) is 0 Å². The van der Waals surface area contributed by atoms with Gasteiger partial charge in [-0.15, -0.1) is 0 Å². The predicted octanol–water partition coefficient (Wildman–Crippen LogP) is 2.54. The van der Waals surface area contributed by atoms with E-state index in [9.17, 15) is 4.79 Å². The minimum Gasteiger partial charge on any atom is -0.496 e. The van der Waals surface area contributed by atoms with Crippen LogP contribution in [0.2, 0.25) is 0 Å². The first-order valence-corrected chi connectivity index (χ1v) is 6.71. The summed E-state index contributed by atoms with van der Waals surface area (Å²) in [4.78, 5) is 12.1. The number of amides is 1. The van der Waals surface area contributed by atoms with E-state index in [1.165, 1.54) is 6.26 Å². The van der Waals surface area contributed by atoms with Gasteiger partial charge in [0, 0.05) is 17.7 Å². The number of methoxy groups -OCH3 is 3. The number of aryl methyl sites for hydroxylation is 1. The van der Waals surface area contributed by atoms with Gasteiger partial charge in [-0.3, -0.25) is 4.79 Å². The van der Waals surface area contributed by atoms with E-state index in [4.69, 9.17) is 18.6 Å². The van der Waals surface area contributed by atoms with Crippen molar-refractivity contribution in [1.82, 2.24) is 5.32 Å². The van der Waals surface area contributed by atoms with Crippen LogP contribution in [0, 0.1) is 6.92 Å². The van der Waals surface area contributed by atoms with E-state index in [-0.39, 0.29) is 12.5 Å². The Bertz CT molecular complexity index is 637. The zero-order chi connectivity index (χ0) is 16.1. The Balaban J connectivity index is 2.22. The monoisotopic (exact) mass is 305 g/mol. The molecule has 1 aromatic heterocycles. The topological polar surface area (TPSA) is 69.9 Å². The van der Waals surface area contributed by atoms with Crippen LogP contribution >= 0.6 is 0 Å². The zero-order valence-electron chi connectivity index (χ0n) is 13.1. The lowest BCUT2D eigenvalue weighted by Gasteiger charge is -2.15. The van der Waals surface area contributed by atoms with Crippen molar-refractivity contribution in [2.75, 3.05) is 21.3 Å². The fraction of sp³-hybridized carbons (Fsp3) is 0.312. The molecule has 0 atom stereocenters. The first-order chi connectivity index (χ1) is 10.6. The van der Waals surface area contributed by atoms with Crippen molar-refractivity contribution in [1.29, 1.82) is 0 Å². The van der Waals surface area contributed by atoms with Gasteiger partial charge in [-0.25, -0.2) is 0 Å². The second-order valence-electron chi connectivity index (χ2n) is 4.63. The fourth-order valence-electron chi connectivity index (χ4n) is 2.11. The number of ether oxygens (including phenoxy) is 3. The summed E-state index contributed by atoms with van der Waals surface area (Å²) in [6.07, 6.45) is 1.48. The zero-order valence-corrected chi connectivity index (χ0v) is 13.1. The molecule has 0 saturated carbocycles. The second-order valence-corrected chi connectivity index (χ2v) is 4.63. The van der Waals surface area contributed by atoms with Gasteiger partial charge < -0.3 is 23.9 Å². The van der Waals surface area contributed by atoms with Crippen LogP contribution in [0.1, 0.15) is 21.7 Å². The SMILES string of the molecule is COc1cc(OC)c(CNC(=O)c2occc2C)c(OC)c1. The molecular weight excluding hydrogens is 286 g/mol. The number of hydrogen-bond acceptors (Lipinski definition) is 5. The largest absolute Gasteiger partial charge is 0.496 e. The molecule has 0 unspecified atom stereocenters. The van der Waals surface area contributed by atoms with Gasteiger partial charge in [-0.1, -0.05) is 0 Å². The van der Waals surface area contributed by atoms with Crippen molar-refractivity contribution in [2.45, 2.75) is 13.5 Å². The molecule has 0 bridgehead atoms. The number of furan rings is 1. The molecule has 1 heterocycles. The van der Waals surface area contributed by atoms with Crippen LogP contribution in [-0.4, -0.2) is 27.2 Å². The normalized spacial score (nSPS) is 10.2. The van der Waals surface area contributed by atoms with Crippen LogP contribution in [0.4, 0.5) is 0 Å². The average Bonchev–Trinajstić information content (AvgIpc) is 2.97. The Kier molecular flexibility index (Phi) is 4.93. The van der Waals surface area contributed by atoms with Crippen LogP contribution in [0.15, 0.2) is 28.9 Å². The molecule has 0 radical (unpaired) electrons. The molecule has 0 aliphatic carbocycles. The van der Waals surface area contributed by atoms with Gasteiger partial charge in [0.25, 0.3) is 5.91 Å². The lowest BCUT2D eigenvalue weighted by Crippen LogP contribution is -2.23. The van der Waals surface area contributed by atoms with Crippen LogP contribution in [0.25, 0.3) is 0 Å². The standard InChI is InChI=1S/C16H19NO5/c1-10-5-6-22-15(10)16(18)17-9-12-13(20-3)7-11(19-2)8-14(12)21-4/h5-8H,9H2,1-4H3,(H,17,18).